The molecule has 1 aromatic carbocycles. The zero-order chi connectivity index (χ0) is 14.0. The fourth-order valence-corrected chi connectivity index (χ4v) is 2.22. The molecular weight excluding hydrogens is 257 g/mol. The summed E-state index contributed by atoms with van der Waals surface area (Å²) in [5.74, 6) is -0.825. The Morgan fingerprint density at radius 2 is 1.89 bits per heavy atom. The van der Waals surface area contributed by atoms with Crippen molar-refractivity contribution in [3.8, 4) is 5.75 Å². The number of ether oxygens (including phenoxy) is 1. The van der Waals surface area contributed by atoms with Crippen molar-refractivity contribution in [1.82, 2.24) is 0 Å². The van der Waals surface area contributed by atoms with Gasteiger partial charge in [-0.05, 0) is 12.5 Å². The molecule has 2 atom stereocenters. The van der Waals surface area contributed by atoms with E-state index < -0.39 is 29.1 Å². The number of hydrogen-bond donors (Lipinski definition) is 2. The summed E-state index contributed by atoms with van der Waals surface area (Å²) in [4.78, 5) is 10.1. The number of rotatable bonds is 3. The molecule has 1 saturated carbocycles. The summed E-state index contributed by atoms with van der Waals surface area (Å²) in [6.07, 6.45) is -1.25. The topological polar surface area (TPSA) is 92.8 Å². The van der Waals surface area contributed by atoms with Gasteiger partial charge < -0.3 is 14.9 Å². The standard InChI is InChI=1S/C12H14FNO5/c13-7-1-2-11(14(17)18)12(3-7)19-10-5-8(15)4-9(16)6-10/h1-3,8-10,15-16H,4-6H2/t8-,9-/m1/s1. The van der Waals surface area contributed by atoms with Crippen LogP contribution < -0.4 is 4.74 Å². The van der Waals surface area contributed by atoms with E-state index in [0.717, 1.165) is 18.2 Å². The van der Waals surface area contributed by atoms with Crippen molar-refractivity contribution in [2.24, 2.45) is 0 Å². The van der Waals surface area contributed by atoms with E-state index in [9.17, 15) is 24.7 Å². The molecule has 7 heteroatoms. The van der Waals surface area contributed by atoms with E-state index in [1.807, 2.05) is 0 Å². The molecule has 0 aromatic heterocycles. The maximum Gasteiger partial charge on any atom is 0.311 e. The van der Waals surface area contributed by atoms with E-state index in [2.05, 4.69) is 0 Å². The van der Waals surface area contributed by atoms with Crippen LogP contribution in [0.5, 0.6) is 5.75 Å². The van der Waals surface area contributed by atoms with Gasteiger partial charge in [-0.3, -0.25) is 10.1 Å². The first kappa shape index (κ1) is 13.7. The van der Waals surface area contributed by atoms with Gasteiger partial charge in [-0.25, -0.2) is 4.39 Å². The Morgan fingerprint density at radius 3 is 2.47 bits per heavy atom. The van der Waals surface area contributed by atoms with Gasteiger partial charge >= 0.3 is 5.69 Å². The van der Waals surface area contributed by atoms with E-state index in [-0.39, 0.29) is 30.7 Å². The highest BCUT2D eigenvalue weighted by atomic mass is 19.1. The number of benzene rings is 1. The first-order valence-electron chi connectivity index (χ1n) is 5.92. The second-order valence-corrected chi connectivity index (χ2v) is 4.62. The highest BCUT2D eigenvalue weighted by molar-refractivity contribution is 5.46. The van der Waals surface area contributed by atoms with Gasteiger partial charge in [0.1, 0.15) is 11.9 Å². The van der Waals surface area contributed by atoms with E-state index >= 15 is 0 Å². The average Bonchev–Trinajstić information content (AvgIpc) is 2.26. The summed E-state index contributed by atoms with van der Waals surface area (Å²) in [6, 6.07) is 2.95. The van der Waals surface area contributed by atoms with Crippen molar-refractivity contribution in [3.63, 3.8) is 0 Å². The molecule has 1 fully saturated rings. The SMILES string of the molecule is O=[N+]([O-])c1ccc(F)cc1OC1C[C@H](O)C[C@@H](O)C1. The van der Waals surface area contributed by atoms with Gasteiger partial charge in [0.25, 0.3) is 0 Å². The quantitative estimate of drug-likeness (QED) is 0.640. The van der Waals surface area contributed by atoms with Crippen molar-refractivity contribution in [2.75, 3.05) is 0 Å². The van der Waals surface area contributed by atoms with Gasteiger partial charge in [-0.1, -0.05) is 0 Å². The normalized spacial score (nSPS) is 27.0. The van der Waals surface area contributed by atoms with Crippen molar-refractivity contribution in [3.05, 3.63) is 34.1 Å². The molecule has 1 aliphatic carbocycles. The molecule has 0 bridgehead atoms. The van der Waals surface area contributed by atoms with Crippen LogP contribution in [0.25, 0.3) is 0 Å². The predicted octanol–water partition coefficient (Wildman–Crippen LogP) is 1.39. The molecule has 6 nitrogen and oxygen atoms in total. The minimum Gasteiger partial charge on any atom is -0.483 e. The lowest BCUT2D eigenvalue weighted by Crippen LogP contribution is -2.36. The number of hydrogen-bond acceptors (Lipinski definition) is 5. The molecule has 0 aliphatic heterocycles. The third-order valence-corrected chi connectivity index (χ3v) is 3.03. The zero-order valence-corrected chi connectivity index (χ0v) is 10.0. The molecule has 0 radical (unpaired) electrons. The smallest absolute Gasteiger partial charge is 0.311 e. The molecule has 0 heterocycles. The van der Waals surface area contributed by atoms with Crippen LogP contribution >= 0.6 is 0 Å². The van der Waals surface area contributed by atoms with Crippen LogP contribution in [0.15, 0.2) is 18.2 Å². The third kappa shape index (κ3) is 3.39. The Bertz CT molecular complexity index is 471. The lowest BCUT2D eigenvalue weighted by Gasteiger charge is -2.29. The van der Waals surface area contributed by atoms with Gasteiger partial charge in [0.05, 0.1) is 17.1 Å². The number of nitro groups is 1. The van der Waals surface area contributed by atoms with Gasteiger partial charge in [-0.15, -0.1) is 0 Å². The molecule has 1 aliphatic rings. The van der Waals surface area contributed by atoms with Crippen molar-refractivity contribution >= 4 is 5.69 Å². The fraction of sp³-hybridized carbons (Fsp3) is 0.500. The van der Waals surface area contributed by atoms with Crippen LogP contribution in [0.4, 0.5) is 10.1 Å². The van der Waals surface area contributed by atoms with Gasteiger partial charge in [-0.2, -0.15) is 0 Å². The average molecular weight is 271 g/mol. The lowest BCUT2D eigenvalue weighted by atomic mass is 9.92. The summed E-state index contributed by atoms with van der Waals surface area (Å²) in [6.45, 7) is 0. The number of aliphatic hydroxyl groups is 2. The largest absolute Gasteiger partial charge is 0.483 e. The maximum absolute atomic E-state index is 13.1. The van der Waals surface area contributed by atoms with Crippen molar-refractivity contribution < 1.29 is 24.3 Å². The molecule has 0 unspecified atom stereocenters. The van der Waals surface area contributed by atoms with Crippen LogP contribution in [-0.2, 0) is 0 Å². The van der Waals surface area contributed by atoms with Gasteiger partial charge in [0.2, 0.25) is 0 Å². The molecule has 2 rings (SSSR count). The van der Waals surface area contributed by atoms with Gasteiger partial charge in [0.15, 0.2) is 5.75 Å². The molecule has 0 spiro atoms. The summed E-state index contributed by atoms with van der Waals surface area (Å²) in [7, 11) is 0. The van der Waals surface area contributed by atoms with Crippen LogP contribution in [0.1, 0.15) is 19.3 Å². The Balaban J connectivity index is 2.18. The molecule has 19 heavy (non-hydrogen) atoms. The van der Waals surface area contributed by atoms with Crippen LogP contribution in [0, 0.1) is 15.9 Å². The number of aliphatic hydroxyl groups excluding tert-OH is 2. The van der Waals surface area contributed by atoms with Crippen LogP contribution in [0.2, 0.25) is 0 Å². The summed E-state index contributed by atoms with van der Waals surface area (Å²) in [5, 5.41) is 29.8. The lowest BCUT2D eigenvalue weighted by molar-refractivity contribution is -0.386. The van der Waals surface area contributed by atoms with E-state index in [0.29, 0.717) is 0 Å². The first-order valence-corrected chi connectivity index (χ1v) is 5.92. The van der Waals surface area contributed by atoms with Crippen molar-refractivity contribution in [2.45, 2.75) is 37.6 Å². The Hall–Kier alpha value is -1.73. The third-order valence-electron chi connectivity index (χ3n) is 3.03. The first-order chi connectivity index (χ1) is 8.95. The Morgan fingerprint density at radius 1 is 1.26 bits per heavy atom. The predicted molar refractivity (Wildman–Crippen MR) is 63.3 cm³/mol. The number of halogens is 1. The minimum atomic E-state index is -0.721. The Kier molecular flexibility index (Phi) is 3.96. The van der Waals surface area contributed by atoms with Gasteiger partial charge in [0, 0.05) is 25.0 Å². The van der Waals surface area contributed by atoms with E-state index in [1.54, 1.807) is 0 Å². The number of nitrogens with zero attached hydrogens (tertiary/aromatic N) is 1. The summed E-state index contributed by atoms with van der Waals surface area (Å²) < 4.78 is 18.5. The molecule has 104 valence electrons. The van der Waals surface area contributed by atoms with E-state index in [4.69, 9.17) is 4.74 Å². The fourth-order valence-electron chi connectivity index (χ4n) is 2.22. The highest BCUT2D eigenvalue weighted by Crippen LogP contribution is 2.31. The Labute approximate surface area is 108 Å². The van der Waals surface area contributed by atoms with Crippen LogP contribution in [-0.4, -0.2) is 33.4 Å². The second-order valence-electron chi connectivity index (χ2n) is 4.62. The molecular formula is C12H14FNO5. The zero-order valence-electron chi connectivity index (χ0n) is 10.0. The summed E-state index contributed by atoms with van der Waals surface area (Å²) in [5.41, 5.74) is -0.337. The molecule has 2 N–H and O–H groups in total. The molecule has 0 saturated heterocycles. The van der Waals surface area contributed by atoms with Crippen LogP contribution in [0.3, 0.4) is 0 Å². The monoisotopic (exact) mass is 271 g/mol. The molecule has 1 aromatic rings. The molecule has 0 amide bonds. The highest BCUT2D eigenvalue weighted by Gasteiger charge is 2.29. The second kappa shape index (κ2) is 5.50. The number of nitro benzene ring substituents is 1. The van der Waals surface area contributed by atoms with E-state index in [1.165, 1.54) is 0 Å². The maximum atomic E-state index is 13.1. The minimum absolute atomic E-state index is 0.184. The van der Waals surface area contributed by atoms with Crippen molar-refractivity contribution in [1.29, 1.82) is 0 Å². The summed E-state index contributed by atoms with van der Waals surface area (Å²) >= 11 is 0.